The average molecular weight is 394 g/mol. The van der Waals surface area contributed by atoms with Gasteiger partial charge in [0.1, 0.15) is 0 Å². The number of anilines is 1. The molecule has 2 bridgehead atoms. The Balaban J connectivity index is 0.00000210. The number of nitrogens with two attached hydrogens (primary N) is 1. The van der Waals surface area contributed by atoms with Crippen molar-refractivity contribution in [3.05, 3.63) is 29.8 Å². The van der Waals surface area contributed by atoms with E-state index in [4.69, 9.17) is 10.5 Å². The van der Waals surface area contributed by atoms with Crippen LogP contribution in [0.3, 0.4) is 0 Å². The molecule has 4 atom stereocenters. The summed E-state index contributed by atoms with van der Waals surface area (Å²) in [6.45, 7) is 1.39. The number of amides is 2. The molecule has 4 unspecified atom stereocenters. The molecule has 148 valence electrons. The Kier molecular flexibility index (Phi) is 6.40. The normalized spacial score (nSPS) is 29.8. The van der Waals surface area contributed by atoms with Crippen molar-refractivity contribution < 1.29 is 14.3 Å². The van der Waals surface area contributed by atoms with Crippen LogP contribution in [-0.2, 0) is 9.53 Å². The minimum atomic E-state index is -0.0788. The van der Waals surface area contributed by atoms with Gasteiger partial charge in [0, 0.05) is 36.5 Å². The van der Waals surface area contributed by atoms with Crippen molar-refractivity contribution in [1.82, 2.24) is 5.32 Å². The number of rotatable bonds is 4. The predicted molar refractivity (Wildman–Crippen MR) is 106 cm³/mol. The molecule has 3 fully saturated rings. The maximum absolute atomic E-state index is 12.6. The van der Waals surface area contributed by atoms with Gasteiger partial charge in [-0.3, -0.25) is 9.59 Å². The van der Waals surface area contributed by atoms with Crippen LogP contribution in [0.2, 0.25) is 0 Å². The molecule has 0 spiro atoms. The van der Waals surface area contributed by atoms with Crippen molar-refractivity contribution in [3.8, 4) is 0 Å². The third kappa shape index (κ3) is 4.28. The lowest BCUT2D eigenvalue weighted by Gasteiger charge is -2.27. The third-order valence-electron chi connectivity index (χ3n) is 6.25. The maximum Gasteiger partial charge on any atom is 0.251 e. The summed E-state index contributed by atoms with van der Waals surface area (Å²) in [5.74, 6) is 0.797. The molecule has 4 N–H and O–H groups in total. The molecule has 2 amide bonds. The first kappa shape index (κ1) is 20.1. The zero-order chi connectivity index (χ0) is 18.1. The lowest BCUT2D eigenvalue weighted by atomic mass is 9.84. The molecule has 1 aromatic rings. The Labute approximate surface area is 166 Å². The van der Waals surface area contributed by atoms with Crippen molar-refractivity contribution in [2.45, 2.75) is 44.2 Å². The van der Waals surface area contributed by atoms with E-state index < -0.39 is 0 Å². The SMILES string of the molecule is Cl.NC1C2CCC(C2)C1C(=O)Nc1ccc(C(=O)NC2CCOCC2)cc1. The monoisotopic (exact) mass is 393 g/mol. The van der Waals surface area contributed by atoms with Crippen LogP contribution < -0.4 is 16.4 Å². The third-order valence-corrected chi connectivity index (χ3v) is 6.25. The number of ether oxygens (including phenoxy) is 1. The molecule has 27 heavy (non-hydrogen) atoms. The van der Waals surface area contributed by atoms with Crippen LogP contribution >= 0.6 is 12.4 Å². The summed E-state index contributed by atoms with van der Waals surface area (Å²) in [6, 6.07) is 7.24. The fraction of sp³-hybridized carbons (Fsp3) is 0.600. The summed E-state index contributed by atoms with van der Waals surface area (Å²) in [5, 5.41) is 6.02. The molecule has 1 heterocycles. The molecule has 2 aliphatic carbocycles. The number of hydrogen-bond donors (Lipinski definition) is 3. The molecule has 6 nitrogen and oxygen atoms in total. The second kappa shape index (κ2) is 8.59. The molecular weight excluding hydrogens is 366 g/mol. The largest absolute Gasteiger partial charge is 0.381 e. The highest BCUT2D eigenvalue weighted by Gasteiger charge is 2.49. The van der Waals surface area contributed by atoms with Crippen LogP contribution in [0, 0.1) is 17.8 Å². The van der Waals surface area contributed by atoms with Gasteiger partial charge in [0.25, 0.3) is 5.91 Å². The van der Waals surface area contributed by atoms with Crippen molar-refractivity contribution in [1.29, 1.82) is 0 Å². The van der Waals surface area contributed by atoms with E-state index in [1.807, 2.05) is 0 Å². The number of carbonyl (C=O) groups excluding carboxylic acids is 2. The van der Waals surface area contributed by atoms with Gasteiger partial charge < -0.3 is 21.1 Å². The number of fused-ring (bicyclic) bond motifs is 2. The molecule has 2 saturated carbocycles. The van der Waals surface area contributed by atoms with Gasteiger partial charge in [0.15, 0.2) is 0 Å². The van der Waals surface area contributed by atoms with Crippen LogP contribution in [-0.4, -0.2) is 37.1 Å². The Hall–Kier alpha value is -1.63. The first-order chi connectivity index (χ1) is 12.6. The topological polar surface area (TPSA) is 93.5 Å². The average Bonchev–Trinajstić information content (AvgIpc) is 3.24. The van der Waals surface area contributed by atoms with Gasteiger partial charge in [0.05, 0.1) is 5.92 Å². The number of hydrogen-bond acceptors (Lipinski definition) is 4. The molecule has 1 aromatic carbocycles. The van der Waals surface area contributed by atoms with E-state index in [-0.39, 0.29) is 42.2 Å². The summed E-state index contributed by atoms with van der Waals surface area (Å²) >= 11 is 0. The van der Waals surface area contributed by atoms with Gasteiger partial charge in [-0.15, -0.1) is 12.4 Å². The number of halogens is 1. The predicted octanol–water partition coefficient (Wildman–Crippen LogP) is 2.33. The molecule has 0 aromatic heterocycles. The van der Waals surface area contributed by atoms with Crippen LogP contribution in [0.4, 0.5) is 5.69 Å². The van der Waals surface area contributed by atoms with Crippen LogP contribution in [0.25, 0.3) is 0 Å². The van der Waals surface area contributed by atoms with E-state index >= 15 is 0 Å². The lowest BCUT2D eigenvalue weighted by molar-refractivity contribution is -0.121. The first-order valence-electron chi connectivity index (χ1n) is 9.67. The van der Waals surface area contributed by atoms with Gasteiger partial charge in [-0.05, 0) is 68.2 Å². The summed E-state index contributed by atoms with van der Waals surface area (Å²) < 4.78 is 5.31. The second-order valence-electron chi connectivity index (χ2n) is 7.86. The van der Waals surface area contributed by atoms with Crippen molar-refractivity contribution in [3.63, 3.8) is 0 Å². The summed E-state index contributed by atoms with van der Waals surface area (Å²) in [7, 11) is 0. The Morgan fingerprint density at radius 3 is 2.30 bits per heavy atom. The smallest absolute Gasteiger partial charge is 0.251 e. The fourth-order valence-electron chi connectivity index (χ4n) is 4.77. The van der Waals surface area contributed by atoms with Gasteiger partial charge in [-0.1, -0.05) is 0 Å². The maximum atomic E-state index is 12.6. The quantitative estimate of drug-likeness (QED) is 0.731. The first-order valence-corrected chi connectivity index (χ1v) is 9.67. The van der Waals surface area contributed by atoms with E-state index in [0.717, 1.165) is 32.1 Å². The number of carbonyl (C=O) groups is 2. The highest BCUT2D eigenvalue weighted by molar-refractivity contribution is 5.96. The zero-order valence-corrected chi connectivity index (χ0v) is 16.2. The molecule has 7 heteroatoms. The van der Waals surface area contributed by atoms with E-state index in [0.29, 0.717) is 36.3 Å². The molecule has 1 saturated heterocycles. The highest BCUT2D eigenvalue weighted by atomic mass is 35.5. The van der Waals surface area contributed by atoms with Gasteiger partial charge in [-0.25, -0.2) is 0 Å². The van der Waals surface area contributed by atoms with Crippen molar-refractivity contribution in [2.24, 2.45) is 23.5 Å². The van der Waals surface area contributed by atoms with Crippen LogP contribution in [0.1, 0.15) is 42.5 Å². The molecule has 1 aliphatic heterocycles. The zero-order valence-electron chi connectivity index (χ0n) is 15.4. The van der Waals surface area contributed by atoms with E-state index in [1.165, 1.54) is 0 Å². The molecule has 3 aliphatic rings. The number of nitrogens with one attached hydrogen (secondary N) is 2. The summed E-state index contributed by atoms with van der Waals surface area (Å²) in [4.78, 5) is 24.9. The van der Waals surface area contributed by atoms with E-state index in [9.17, 15) is 9.59 Å². The molecule has 0 radical (unpaired) electrons. The standard InChI is InChI=1S/C20H27N3O3.ClH/c21-18-14-2-1-13(11-14)17(18)20(25)23-15-5-3-12(4-6-15)19(24)22-16-7-9-26-10-8-16;/h3-6,13-14,16-18H,1-2,7-11,21H2,(H,22,24)(H,23,25);1H. The Morgan fingerprint density at radius 2 is 1.67 bits per heavy atom. The van der Waals surface area contributed by atoms with Crippen LogP contribution in [0.5, 0.6) is 0 Å². The highest BCUT2D eigenvalue weighted by Crippen LogP contribution is 2.47. The molecular formula is C20H28ClN3O3. The van der Waals surface area contributed by atoms with Gasteiger partial charge >= 0.3 is 0 Å². The minimum Gasteiger partial charge on any atom is -0.381 e. The number of benzene rings is 1. The van der Waals surface area contributed by atoms with E-state index in [2.05, 4.69) is 10.6 Å². The fourth-order valence-corrected chi connectivity index (χ4v) is 4.77. The lowest BCUT2D eigenvalue weighted by Crippen LogP contribution is -2.42. The summed E-state index contributed by atoms with van der Waals surface area (Å²) in [6.07, 6.45) is 5.06. The minimum absolute atomic E-state index is 0. The van der Waals surface area contributed by atoms with Crippen molar-refractivity contribution in [2.75, 3.05) is 18.5 Å². The Bertz CT molecular complexity index is 674. The van der Waals surface area contributed by atoms with Gasteiger partial charge in [0.2, 0.25) is 5.91 Å². The van der Waals surface area contributed by atoms with Crippen molar-refractivity contribution >= 4 is 29.9 Å². The second-order valence-corrected chi connectivity index (χ2v) is 7.86. The van der Waals surface area contributed by atoms with Crippen LogP contribution in [0.15, 0.2) is 24.3 Å². The molecule has 4 rings (SSSR count). The van der Waals surface area contributed by atoms with Gasteiger partial charge in [-0.2, -0.15) is 0 Å². The van der Waals surface area contributed by atoms with E-state index in [1.54, 1.807) is 24.3 Å². The summed E-state index contributed by atoms with van der Waals surface area (Å²) in [5.41, 5.74) is 7.57. The Morgan fingerprint density at radius 1 is 1.00 bits per heavy atom.